The van der Waals surface area contributed by atoms with Crippen LogP contribution in [0.3, 0.4) is 0 Å². The van der Waals surface area contributed by atoms with Gasteiger partial charge in [-0.25, -0.2) is 9.97 Å². The molecule has 0 aliphatic rings. The molecule has 0 spiro atoms. The summed E-state index contributed by atoms with van der Waals surface area (Å²) in [6, 6.07) is 14.0. The molecule has 2 aromatic carbocycles. The molecule has 0 aliphatic carbocycles. The van der Waals surface area contributed by atoms with Crippen LogP contribution in [0.2, 0.25) is 0 Å². The van der Waals surface area contributed by atoms with Crippen molar-refractivity contribution in [2.75, 3.05) is 18.2 Å². The van der Waals surface area contributed by atoms with Gasteiger partial charge in [-0.1, -0.05) is 23.9 Å². The third-order valence-corrected chi connectivity index (χ3v) is 4.91. The summed E-state index contributed by atoms with van der Waals surface area (Å²) < 4.78 is 44.3. The summed E-state index contributed by atoms with van der Waals surface area (Å²) in [4.78, 5) is 20.9. The number of aromatic nitrogens is 2. The number of para-hydroxylation sites is 1. The van der Waals surface area contributed by atoms with Crippen molar-refractivity contribution in [3.63, 3.8) is 0 Å². The Kier molecular flexibility index (Phi) is 6.61. The van der Waals surface area contributed by atoms with Gasteiger partial charge in [0.1, 0.15) is 5.75 Å². The Morgan fingerprint density at radius 3 is 2.47 bits per heavy atom. The van der Waals surface area contributed by atoms with Crippen LogP contribution in [-0.2, 0) is 11.0 Å². The minimum Gasteiger partial charge on any atom is -0.497 e. The highest BCUT2D eigenvalue weighted by atomic mass is 32.2. The Bertz CT molecular complexity index is 1040. The van der Waals surface area contributed by atoms with Crippen molar-refractivity contribution in [3.8, 4) is 17.0 Å². The second-order valence-corrected chi connectivity index (χ2v) is 7.23. The predicted octanol–water partition coefficient (Wildman–Crippen LogP) is 5.21. The average Bonchev–Trinajstić information content (AvgIpc) is 2.71. The molecule has 0 bridgehead atoms. The molecule has 0 fully saturated rings. The number of anilines is 1. The minimum absolute atomic E-state index is 0.127. The number of nitrogens with one attached hydrogen (secondary N) is 1. The van der Waals surface area contributed by atoms with Gasteiger partial charge in [0.15, 0.2) is 5.16 Å². The summed E-state index contributed by atoms with van der Waals surface area (Å²) >= 11 is 1.05. The van der Waals surface area contributed by atoms with E-state index in [0.29, 0.717) is 16.5 Å². The van der Waals surface area contributed by atoms with Crippen LogP contribution in [0.15, 0.2) is 59.8 Å². The lowest BCUT2D eigenvalue weighted by Gasteiger charge is -2.13. The molecule has 1 aromatic heterocycles. The molecule has 0 saturated carbocycles. The molecule has 156 valence electrons. The number of methoxy groups -OCH3 is 1. The van der Waals surface area contributed by atoms with Crippen molar-refractivity contribution in [1.29, 1.82) is 0 Å². The van der Waals surface area contributed by atoms with Gasteiger partial charge in [0.05, 0.1) is 29.8 Å². The second-order valence-electron chi connectivity index (χ2n) is 6.29. The Morgan fingerprint density at radius 2 is 1.80 bits per heavy atom. The number of carbonyl (C=O) groups is 1. The molecule has 0 aliphatic heterocycles. The number of hydrogen-bond donors (Lipinski definition) is 1. The fourth-order valence-corrected chi connectivity index (χ4v) is 3.38. The molecule has 1 heterocycles. The molecule has 3 aromatic rings. The maximum absolute atomic E-state index is 13.1. The molecule has 0 saturated heterocycles. The first-order chi connectivity index (χ1) is 14.3. The van der Waals surface area contributed by atoms with E-state index in [4.69, 9.17) is 4.74 Å². The number of hydrogen-bond acceptors (Lipinski definition) is 5. The van der Waals surface area contributed by atoms with Gasteiger partial charge in [-0.3, -0.25) is 4.79 Å². The van der Waals surface area contributed by atoms with Crippen molar-refractivity contribution >= 4 is 23.4 Å². The highest BCUT2D eigenvalue weighted by molar-refractivity contribution is 7.99. The van der Waals surface area contributed by atoms with Crippen LogP contribution < -0.4 is 10.1 Å². The summed E-state index contributed by atoms with van der Waals surface area (Å²) in [5.74, 6) is 0.0141. The second kappa shape index (κ2) is 9.17. The van der Waals surface area contributed by atoms with Crippen molar-refractivity contribution in [2.24, 2.45) is 0 Å². The number of benzene rings is 2. The lowest BCUT2D eigenvalue weighted by Crippen LogP contribution is -2.18. The third kappa shape index (κ3) is 5.50. The Morgan fingerprint density at radius 1 is 1.10 bits per heavy atom. The molecule has 0 radical (unpaired) electrons. The molecule has 9 heteroatoms. The SMILES string of the molecule is COc1ccc(-c2cc(C)nc(SCC(=O)Nc3ccccc3C(F)(F)F)n2)cc1. The summed E-state index contributed by atoms with van der Waals surface area (Å²) in [5.41, 5.74) is 1.07. The number of nitrogens with zero attached hydrogens (tertiary/aromatic N) is 2. The standard InChI is InChI=1S/C21H18F3N3O2S/c1-13-11-18(14-7-9-15(29-2)10-8-14)27-20(25-13)30-12-19(28)26-17-6-4-3-5-16(17)21(22,23)24/h3-11H,12H2,1-2H3,(H,26,28). The molecule has 0 unspecified atom stereocenters. The molecular weight excluding hydrogens is 415 g/mol. The first-order valence-corrected chi connectivity index (χ1v) is 9.84. The van der Waals surface area contributed by atoms with E-state index in [9.17, 15) is 18.0 Å². The maximum Gasteiger partial charge on any atom is 0.418 e. The van der Waals surface area contributed by atoms with E-state index in [-0.39, 0.29) is 11.4 Å². The third-order valence-electron chi connectivity index (χ3n) is 4.06. The van der Waals surface area contributed by atoms with E-state index in [1.54, 1.807) is 14.0 Å². The number of carbonyl (C=O) groups excluding carboxylic acids is 1. The molecule has 0 atom stereocenters. The van der Waals surface area contributed by atoms with Crippen LogP contribution in [0.5, 0.6) is 5.75 Å². The molecular formula is C21H18F3N3O2S. The van der Waals surface area contributed by atoms with E-state index in [1.807, 2.05) is 30.3 Å². The number of ether oxygens (including phenoxy) is 1. The normalized spacial score (nSPS) is 11.2. The fourth-order valence-electron chi connectivity index (χ4n) is 2.67. The summed E-state index contributed by atoms with van der Waals surface area (Å²) in [7, 11) is 1.58. The van der Waals surface area contributed by atoms with E-state index in [2.05, 4.69) is 15.3 Å². The van der Waals surface area contributed by atoms with Crippen LogP contribution in [-0.4, -0.2) is 28.7 Å². The number of halogens is 3. The molecule has 5 nitrogen and oxygen atoms in total. The monoisotopic (exact) mass is 433 g/mol. The zero-order chi connectivity index (χ0) is 21.7. The maximum atomic E-state index is 13.1. The van der Waals surface area contributed by atoms with Crippen LogP contribution >= 0.6 is 11.8 Å². The first kappa shape index (κ1) is 21.6. The van der Waals surface area contributed by atoms with Crippen molar-refractivity contribution in [1.82, 2.24) is 9.97 Å². The number of thioether (sulfide) groups is 1. The average molecular weight is 433 g/mol. The molecule has 1 N–H and O–H groups in total. The molecule has 1 amide bonds. The van der Waals surface area contributed by atoms with Gasteiger partial charge in [0.2, 0.25) is 5.91 Å². The summed E-state index contributed by atoms with van der Waals surface area (Å²) in [5, 5.41) is 2.67. The highest BCUT2D eigenvalue weighted by Gasteiger charge is 2.33. The van der Waals surface area contributed by atoms with Crippen molar-refractivity contribution in [3.05, 3.63) is 65.9 Å². The number of alkyl halides is 3. The van der Waals surface area contributed by atoms with Crippen LogP contribution in [0.4, 0.5) is 18.9 Å². The lowest BCUT2D eigenvalue weighted by atomic mass is 10.1. The van der Waals surface area contributed by atoms with Gasteiger partial charge in [0.25, 0.3) is 0 Å². The Balaban J connectivity index is 1.70. The zero-order valence-electron chi connectivity index (χ0n) is 16.2. The quantitative estimate of drug-likeness (QED) is 0.427. The van der Waals surface area contributed by atoms with Gasteiger partial charge in [0, 0.05) is 11.3 Å². The summed E-state index contributed by atoms with van der Waals surface area (Å²) in [6.07, 6.45) is -4.55. The number of amides is 1. The fraction of sp³-hybridized carbons (Fsp3) is 0.190. The Hall–Kier alpha value is -3.07. The van der Waals surface area contributed by atoms with E-state index in [0.717, 1.165) is 29.1 Å². The number of rotatable bonds is 6. The molecule has 3 rings (SSSR count). The predicted molar refractivity (Wildman–Crippen MR) is 110 cm³/mol. The molecule has 30 heavy (non-hydrogen) atoms. The smallest absolute Gasteiger partial charge is 0.418 e. The lowest BCUT2D eigenvalue weighted by molar-refractivity contribution is -0.137. The zero-order valence-corrected chi connectivity index (χ0v) is 17.0. The van der Waals surface area contributed by atoms with Gasteiger partial charge < -0.3 is 10.1 Å². The van der Waals surface area contributed by atoms with E-state index in [1.165, 1.54) is 18.2 Å². The first-order valence-electron chi connectivity index (χ1n) is 8.85. The Labute approximate surface area is 175 Å². The van der Waals surface area contributed by atoms with E-state index >= 15 is 0 Å². The minimum atomic E-state index is -4.55. The van der Waals surface area contributed by atoms with Crippen LogP contribution in [0.25, 0.3) is 11.3 Å². The van der Waals surface area contributed by atoms with Crippen LogP contribution in [0.1, 0.15) is 11.3 Å². The van der Waals surface area contributed by atoms with Crippen molar-refractivity contribution in [2.45, 2.75) is 18.3 Å². The van der Waals surface area contributed by atoms with Gasteiger partial charge in [-0.2, -0.15) is 13.2 Å². The van der Waals surface area contributed by atoms with Gasteiger partial charge in [-0.05, 0) is 49.4 Å². The van der Waals surface area contributed by atoms with Gasteiger partial charge in [-0.15, -0.1) is 0 Å². The summed E-state index contributed by atoms with van der Waals surface area (Å²) in [6.45, 7) is 1.80. The highest BCUT2D eigenvalue weighted by Crippen LogP contribution is 2.34. The van der Waals surface area contributed by atoms with Crippen LogP contribution in [0, 0.1) is 6.92 Å². The van der Waals surface area contributed by atoms with Gasteiger partial charge >= 0.3 is 6.18 Å². The van der Waals surface area contributed by atoms with E-state index < -0.39 is 17.6 Å². The largest absolute Gasteiger partial charge is 0.497 e. The number of aryl methyl sites for hydroxylation is 1. The topological polar surface area (TPSA) is 64.1 Å². The van der Waals surface area contributed by atoms with Crippen molar-refractivity contribution < 1.29 is 22.7 Å².